The Morgan fingerprint density at radius 1 is 1.09 bits per heavy atom. The van der Waals surface area contributed by atoms with Crippen molar-refractivity contribution in [3.05, 3.63) is 47.2 Å². The Bertz CT molecular complexity index is 479. The highest BCUT2D eigenvalue weighted by molar-refractivity contribution is 5.36. The molecule has 0 aliphatic carbocycles. The SMILES string of the molecule is C=C(CCc1ccc(C)c(C(C)(C)C)c1)NCCCCCCC. The van der Waals surface area contributed by atoms with Crippen molar-refractivity contribution in [2.45, 2.75) is 85.0 Å². The van der Waals surface area contributed by atoms with Crippen LogP contribution in [0, 0.1) is 6.92 Å². The molecule has 1 heteroatoms. The van der Waals surface area contributed by atoms with E-state index < -0.39 is 0 Å². The van der Waals surface area contributed by atoms with Crippen LogP contribution in [-0.2, 0) is 11.8 Å². The number of benzene rings is 1. The highest BCUT2D eigenvalue weighted by Crippen LogP contribution is 2.27. The van der Waals surface area contributed by atoms with Crippen LogP contribution >= 0.6 is 0 Å². The summed E-state index contributed by atoms with van der Waals surface area (Å²) in [6.07, 6.45) is 8.74. The monoisotopic (exact) mass is 315 g/mol. The van der Waals surface area contributed by atoms with Crippen LogP contribution in [-0.4, -0.2) is 6.54 Å². The van der Waals surface area contributed by atoms with Crippen LogP contribution < -0.4 is 5.32 Å². The molecule has 0 saturated heterocycles. The number of nitrogens with one attached hydrogen (secondary N) is 1. The largest absolute Gasteiger partial charge is 0.389 e. The van der Waals surface area contributed by atoms with E-state index in [1.165, 1.54) is 54.5 Å². The predicted octanol–water partition coefficient (Wildman–Crippen LogP) is 6.30. The first-order valence-corrected chi connectivity index (χ1v) is 9.36. The molecule has 0 bridgehead atoms. The summed E-state index contributed by atoms with van der Waals surface area (Å²) in [5.41, 5.74) is 5.67. The fourth-order valence-corrected chi connectivity index (χ4v) is 3.01. The number of rotatable bonds is 10. The Morgan fingerprint density at radius 2 is 1.78 bits per heavy atom. The average molecular weight is 316 g/mol. The van der Waals surface area contributed by atoms with E-state index in [9.17, 15) is 0 Å². The summed E-state index contributed by atoms with van der Waals surface area (Å²) in [7, 11) is 0. The number of allylic oxidation sites excluding steroid dienone is 1. The minimum Gasteiger partial charge on any atom is -0.389 e. The van der Waals surface area contributed by atoms with Gasteiger partial charge in [-0.2, -0.15) is 0 Å². The number of hydrogen-bond donors (Lipinski definition) is 1. The van der Waals surface area contributed by atoms with Crippen molar-refractivity contribution in [3.63, 3.8) is 0 Å². The van der Waals surface area contributed by atoms with E-state index in [2.05, 4.69) is 64.7 Å². The predicted molar refractivity (Wildman–Crippen MR) is 104 cm³/mol. The lowest BCUT2D eigenvalue weighted by atomic mass is 9.83. The molecule has 0 aromatic heterocycles. The molecule has 0 amide bonds. The lowest BCUT2D eigenvalue weighted by molar-refractivity contribution is 0.584. The first-order valence-electron chi connectivity index (χ1n) is 9.36. The van der Waals surface area contributed by atoms with Crippen molar-refractivity contribution in [1.29, 1.82) is 0 Å². The van der Waals surface area contributed by atoms with Gasteiger partial charge in [-0.3, -0.25) is 0 Å². The van der Waals surface area contributed by atoms with Gasteiger partial charge in [0.25, 0.3) is 0 Å². The molecule has 0 atom stereocenters. The second kappa shape index (κ2) is 9.80. The van der Waals surface area contributed by atoms with Crippen molar-refractivity contribution in [1.82, 2.24) is 5.32 Å². The fraction of sp³-hybridized carbons (Fsp3) is 0.636. The highest BCUT2D eigenvalue weighted by Gasteiger charge is 2.16. The van der Waals surface area contributed by atoms with Crippen LogP contribution in [0.2, 0.25) is 0 Å². The summed E-state index contributed by atoms with van der Waals surface area (Å²) in [6, 6.07) is 6.91. The summed E-state index contributed by atoms with van der Waals surface area (Å²) in [5.74, 6) is 0. The van der Waals surface area contributed by atoms with Gasteiger partial charge in [-0.25, -0.2) is 0 Å². The Hall–Kier alpha value is -1.24. The molecule has 0 radical (unpaired) electrons. The Balaban J connectivity index is 2.36. The van der Waals surface area contributed by atoms with E-state index in [1.807, 2.05) is 0 Å². The molecule has 1 rings (SSSR count). The molecule has 0 heterocycles. The maximum atomic E-state index is 4.18. The minimum atomic E-state index is 0.216. The van der Waals surface area contributed by atoms with Crippen molar-refractivity contribution in [2.75, 3.05) is 6.54 Å². The number of unbranched alkanes of at least 4 members (excludes halogenated alkanes) is 4. The molecular weight excluding hydrogens is 278 g/mol. The normalized spacial score (nSPS) is 11.5. The molecule has 0 saturated carbocycles. The molecule has 1 aromatic carbocycles. The first kappa shape index (κ1) is 19.8. The van der Waals surface area contributed by atoms with Crippen LogP contribution in [0.25, 0.3) is 0 Å². The lowest BCUT2D eigenvalue weighted by Crippen LogP contribution is -2.15. The molecule has 23 heavy (non-hydrogen) atoms. The Morgan fingerprint density at radius 3 is 2.43 bits per heavy atom. The molecule has 130 valence electrons. The van der Waals surface area contributed by atoms with Gasteiger partial charge < -0.3 is 5.32 Å². The van der Waals surface area contributed by atoms with Gasteiger partial charge >= 0.3 is 0 Å². The van der Waals surface area contributed by atoms with Gasteiger partial charge in [-0.05, 0) is 48.3 Å². The van der Waals surface area contributed by atoms with E-state index in [4.69, 9.17) is 0 Å². The van der Waals surface area contributed by atoms with Crippen LogP contribution in [0.3, 0.4) is 0 Å². The van der Waals surface area contributed by atoms with Crippen LogP contribution in [0.15, 0.2) is 30.5 Å². The molecule has 1 nitrogen and oxygen atoms in total. The molecule has 0 aliphatic heterocycles. The summed E-state index contributed by atoms with van der Waals surface area (Å²) < 4.78 is 0. The smallest absolute Gasteiger partial charge is 0.0143 e. The van der Waals surface area contributed by atoms with Gasteiger partial charge in [-0.15, -0.1) is 0 Å². The Labute approximate surface area is 144 Å². The molecule has 0 spiro atoms. The van der Waals surface area contributed by atoms with Gasteiger partial charge in [0.15, 0.2) is 0 Å². The molecule has 0 aliphatic rings. The third kappa shape index (κ3) is 7.72. The van der Waals surface area contributed by atoms with Crippen molar-refractivity contribution in [3.8, 4) is 0 Å². The van der Waals surface area contributed by atoms with E-state index in [1.54, 1.807) is 0 Å². The van der Waals surface area contributed by atoms with Crippen LogP contribution in [0.5, 0.6) is 0 Å². The minimum absolute atomic E-state index is 0.216. The first-order chi connectivity index (χ1) is 10.8. The summed E-state index contributed by atoms with van der Waals surface area (Å²) in [4.78, 5) is 0. The summed E-state index contributed by atoms with van der Waals surface area (Å²) in [5, 5.41) is 3.49. The van der Waals surface area contributed by atoms with Crippen molar-refractivity contribution in [2.24, 2.45) is 0 Å². The van der Waals surface area contributed by atoms with Crippen LogP contribution in [0.4, 0.5) is 0 Å². The number of aryl methyl sites for hydroxylation is 2. The molecule has 0 fully saturated rings. The molecule has 1 aromatic rings. The quantitative estimate of drug-likeness (QED) is 0.500. The van der Waals surface area contributed by atoms with Gasteiger partial charge in [-0.1, -0.05) is 78.2 Å². The zero-order valence-corrected chi connectivity index (χ0v) is 16.1. The highest BCUT2D eigenvalue weighted by atomic mass is 14.9. The second-order valence-electron chi connectivity index (χ2n) is 7.84. The third-order valence-corrected chi connectivity index (χ3v) is 4.48. The van der Waals surface area contributed by atoms with Gasteiger partial charge in [0.05, 0.1) is 0 Å². The fourth-order valence-electron chi connectivity index (χ4n) is 3.01. The number of hydrogen-bond acceptors (Lipinski definition) is 1. The molecular formula is C22H37N. The van der Waals surface area contributed by atoms with Crippen molar-refractivity contribution < 1.29 is 0 Å². The molecule has 1 N–H and O–H groups in total. The maximum absolute atomic E-state index is 4.18. The standard InChI is InChI=1S/C22H37N/c1-7-8-9-10-11-16-23-19(3)13-15-20-14-12-18(2)21(17-20)22(4,5)6/h12,14,17,23H,3,7-11,13,15-16H2,1-2,4-6H3. The summed E-state index contributed by atoms with van der Waals surface area (Å²) >= 11 is 0. The Kier molecular flexibility index (Phi) is 8.44. The van der Waals surface area contributed by atoms with Crippen LogP contribution in [0.1, 0.15) is 82.9 Å². The third-order valence-electron chi connectivity index (χ3n) is 4.48. The van der Waals surface area contributed by atoms with Crippen molar-refractivity contribution >= 4 is 0 Å². The lowest BCUT2D eigenvalue weighted by Gasteiger charge is -2.22. The zero-order chi connectivity index (χ0) is 17.3. The second-order valence-corrected chi connectivity index (χ2v) is 7.84. The zero-order valence-electron chi connectivity index (χ0n) is 16.1. The summed E-state index contributed by atoms with van der Waals surface area (Å²) in [6.45, 7) is 16.6. The topological polar surface area (TPSA) is 12.0 Å². The molecule has 0 unspecified atom stereocenters. The van der Waals surface area contributed by atoms with E-state index >= 15 is 0 Å². The van der Waals surface area contributed by atoms with E-state index in [0.29, 0.717) is 0 Å². The van der Waals surface area contributed by atoms with E-state index in [0.717, 1.165) is 19.4 Å². The maximum Gasteiger partial charge on any atom is 0.0143 e. The van der Waals surface area contributed by atoms with Gasteiger partial charge in [0.1, 0.15) is 0 Å². The van der Waals surface area contributed by atoms with E-state index in [-0.39, 0.29) is 5.41 Å². The average Bonchev–Trinajstić information content (AvgIpc) is 2.48. The van der Waals surface area contributed by atoms with Gasteiger partial charge in [0, 0.05) is 12.2 Å². The van der Waals surface area contributed by atoms with Gasteiger partial charge in [0.2, 0.25) is 0 Å².